The first-order valence-corrected chi connectivity index (χ1v) is 8.40. The van der Waals surface area contributed by atoms with Crippen LogP contribution in [0.4, 0.5) is 5.82 Å². The van der Waals surface area contributed by atoms with Crippen molar-refractivity contribution in [2.45, 2.75) is 39.5 Å². The molecule has 4 rings (SSSR count). The summed E-state index contributed by atoms with van der Waals surface area (Å²) < 4.78 is 0. The van der Waals surface area contributed by atoms with Gasteiger partial charge in [0.1, 0.15) is 11.6 Å². The molecule has 0 saturated carbocycles. The van der Waals surface area contributed by atoms with Crippen LogP contribution in [0, 0.1) is 12.3 Å². The summed E-state index contributed by atoms with van der Waals surface area (Å²) >= 11 is 0. The minimum Gasteiger partial charge on any atom is -0.508 e. The Bertz CT molecular complexity index is 978. The first kappa shape index (κ1) is 15.7. The lowest BCUT2D eigenvalue weighted by atomic mass is 9.69. The smallest absolute Gasteiger partial charge is 0.270 e. The number of carbonyl (C=O) groups excluding carboxylic acids is 1. The summed E-state index contributed by atoms with van der Waals surface area (Å²) in [6, 6.07) is 5.27. The number of aromatic hydroxyl groups is 1. The van der Waals surface area contributed by atoms with Crippen molar-refractivity contribution in [3.05, 3.63) is 56.5 Å². The number of Topliss-reactive ketones (excluding diaryl/α,β-unsaturated/α-hetero) is 1. The summed E-state index contributed by atoms with van der Waals surface area (Å²) in [4.78, 5) is 25.4. The van der Waals surface area contributed by atoms with Crippen molar-refractivity contribution in [3.63, 3.8) is 0 Å². The lowest BCUT2D eigenvalue weighted by molar-refractivity contribution is -0.118. The van der Waals surface area contributed by atoms with E-state index >= 15 is 0 Å². The van der Waals surface area contributed by atoms with E-state index in [-0.39, 0.29) is 22.5 Å². The highest BCUT2D eigenvalue weighted by molar-refractivity contribution is 6.01. The van der Waals surface area contributed by atoms with Crippen molar-refractivity contribution in [3.8, 4) is 5.75 Å². The standard InChI is InChI=1S/C19H21N3O3/c1-9-4-5-12(23)10(6-9)14-15-11(7-19(2,3)8-13(15)24)20-17-16(14)18(25)22-21-17/h4-6,14,23H,7-8H2,1-3H3,(H3,20,21,22,25). The molecule has 1 aromatic carbocycles. The fourth-order valence-electron chi connectivity index (χ4n) is 4.03. The lowest BCUT2D eigenvalue weighted by Crippen LogP contribution is -2.35. The summed E-state index contributed by atoms with van der Waals surface area (Å²) in [6.07, 6.45) is 1.14. The molecule has 0 fully saturated rings. The number of H-pyrrole nitrogens is 2. The third-order valence-corrected chi connectivity index (χ3v) is 5.08. The number of hydrogen-bond acceptors (Lipinski definition) is 4. The number of phenolic OH excluding ortho intramolecular Hbond substituents is 1. The van der Waals surface area contributed by atoms with E-state index in [2.05, 4.69) is 29.4 Å². The van der Waals surface area contributed by atoms with Crippen LogP contribution in [-0.2, 0) is 4.79 Å². The number of aryl methyl sites for hydroxylation is 1. The molecule has 130 valence electrons. The van der Waals surface area contributed by atoms with Gasteiger partial charge in [-0.25, -0.2) is 0 Å². The lowest BCUT2D eigenvalue weighted by Gasteiger charge is -2.38. The molecule has 6 heteroatoms. The number of aromatic amines is 2. The molecule has 1 unspecified atom stereocenters. The van der Waals surface area contributed by atoms with Gasteiger partial charge in [-0.05, 0) is 24.8 Å². The van der Waals surface area contributed by atoms with Crippen LogP contribution in [0.15, 0.2) is 34.3 Å². The highest BCUT2D eigenvalue weighted by Crippen LogP contribution is 2.49. The molecule has 6 nitrogen and oxygen atoms in total. The molecule has 0 saturated heterocycles. The van der Waals surface area contributed by atoms with Gasteiger partial charge in [-0.1, -0.05) is 31.5 Å². The average Bonchev–Trinajstić information content (AvgIpc) is 2.87. The topological polar surface area (TPSA) is 98.0 Å². The van der Waals surface area contributed by atoms with Crippen molar-refractivity contribution in [1.29, 1.82) is 0 Å². The van der Waals surface area contributed by atoms with Crippen LogP contribution in [0.1, 0.15) is 49.3 Å². The normalized spacial score (nSPS) is 21.6. The zero-order chi connectivity index (χ0) is 17.9. The number of benzene rings is 1. The molecule has 2 aromatic rings. The van der Waals surface area contributed by atoms with Gasteiger partial charge >= 0.3 is 0 Å². The van der Waals surface area contributed by atoms with Crippen molar-refractivity contribution >= 4 is 11.6 Å². The predicted molar refractivity (Wildman–Crippen MR) is 94.8 cm³/mol. The summed E-state index contributed by atoms with van der Waals surface area (Å²) in [5.41, 5.74) is 3.01. The summed E-state index contributed by atoms with van der Waals surface area (Å²) in [7, 11) is 0. The van der Waals surface area contributed by atoms with Crippen molar-refractivity contribution in [1.82, 2.24) is 10.2 Å². The second-order valence-electron chi connectivity index (χ2n) is 7.82. The Hall–Kier alpha value is -2.76. The number of aromatic nitrogens is 2. The van der Waals surface area contributed by atoms with E-state index in [1.807, 2.05) is 19.1 Å². The number of fused-ring (bicyclic) bond motifs is 1. The van der Waals surface area contributed by atoms with Gasteiger partial charge in [-0.15, -0.1) is 0 Å². The number of carbonyl (C=O) groups is 1. The molecule has 1 aromatic heterocycles. The Morgan fingerprint density at radius 1 is 1.16 bits per heavy atom. The first-order chi connectivity index (χ1) is 11.8. The molecule has 25 heavy (non-hydrogen) atoms. The van der Waals surface area contributed by atoms with Gasteiger partial charge in [0, 0.05) is 23.3 Å². The van der Waals surface area contributed by atoms with Crippen molar-refractivity contribution < 1.29 is 9.90 Å². The van der Waals surface area contributed by atoms with Crippen LogP contribution in [0.25, 0.3) is 0 Å². The summed E-state index contributed by atoms with van der Waals surface area (Å²) in [6.45, 7) is 6.04. The quantitative estimate of drug-likeness (QED) is 0.642. The van der Waals surface area contributed by atoms with E-state index in [0.717, 1.165) is 11.3 Å². The molecule has 0 radical (unpaired) electrons. The van der Waals surface area contributed by atoms with E-state index in [9.17, 15) is 14.7 Å². The second kappa shape index (κ2) is 5.12. The number of ketones is 1. The largest absolute Gasteiger partial charge is 0.508 e. The van der Waals surface area contributed by atoms with Gasteiger partial charge < -0.3 is 10.4 Å². The van der Waals surface area contributed by atoms with Crippen LogP contribution in [0.5, 0.6) is 5.75 Å². The van der Waals surface area contributed by atoms with Gasteiger partial charge in [0.2, 0.25) is 0 Å². The molecule has 2 heterocycles. The number of hydrogen-bond donors (Lipinski definition) is 4. The zero-order valence-corrected chi connectivity index (χ0v) is 14.5. The van der Waals surface area contributed by atoms with Gasteiger partial charge in [0.05, 0.1) is 11.5 Å². The van der Waals surface area contributed by atoms with Crippen LogP contribution in [0.2, 0.25) is 0 Å². The molecule has 0 spiro atoms. The maximum atomic E-state index is 13.0. The average molecular weight is 339 g/mol. The molecule has 1 aliphatic carbocycles. The van der Waals surface area contributed by atoms with E-state index in [4.69, 9.17) is 0 Å². The van der Waals surface area contributed by atoms with E-state index in [0.29, 0.717) is 35.4 Å². The van der Waals surface area contributed by atoms with Crippen LogP contribution in [0.3, 0.4) is 0 Å². The Kier molecular flexibility index (Phi) is 3.22. The number of rotatable bonds is 1. The third-order valence-electron chi connectivity index (χ3n) is 5.08. The van der Waals surface area contributed by atoms with Crippen LogP contribution >= 0.6 is 0 Å². The van der Waals surface area contributed by atoms with Gasteiger partial charge in [-0.3, -0.25) is 19.8 Å². The molecule has 0 amide bonds. The molecule has 2 aliphatic rings. The Labute approximate surface area is 145 Å². The van der Waals surface area contributed by atoms with Crippen LogP contribution in [-0.4, -0.2) is 21.1 Å². The number of allylic oxidation sites excluding steroid dienone is 2. The molecule has 4 N–H and O–H groups in total. The monoisotopic (exact) mass is 339 g/mol. The second-order valence-corrected chi connectivity index (χ2v) is 7.82. The maximum absolute atomic E-state index is 13.0. The fourth-order valence-corrected chi connectivity index (χ4v) is 4.03. The van der Waals surface area contributed by atoms with Crippen molar-refractivity contribution in [2.75, 3.05) is 5.32 Å². The molecule has 0 bridgehead atoms. The van der Waals surface area contributed by atoms with E-state index < -0.39 is 5.92 Å². The van der Waals surface area contributed by atoms with E-state index in [1.54, 1.807) is 6.07 Å². The summed E-state index contributed by atoms with van der Waals surface area (Å²) in [5.74, 6) is 0.120. The number of phenols is 1. The maximum Gasteiger partial charge on any atom is 0.270 e. The molecule has 1 atom stereocenters. The third kappa shape index (κ3) is 2.40. The van der Waals surface area contributed by atoms with Gasteiger partial charge in [0.25, 0.3) is 5.56 Å². The Morgan fingerprint density at radius 2 is 1.92 bits per heavy atom. The Balaban J connectivity index is 2.00. The first-order valence-electron chi connectivity index (χ1n) is 8.40. The highest BCUT2D eigenvalue weighted by atomic mass is 16.3. The number of anilines is 1. The fraction of sp³-hybridized carbons (Fsp3) is 0.368. The van der Waals surface area contributed by atoms with Gasteiger partial charge in [0.15, 0.2) is 5.78 Å². The zero-order valence-electron chi connectivity index (χ0n) is 14.5. The van der Waals surface area contributed by atoms with E-state index in [1.165, 1.54) is 0 Å². The molecule has 1 aliphatic heterocycles. The van der Waals surface area contributed by atoms with Gasteiger partial charge in [-0.2, -0.15) is 0 Å². The molecular formula is C19H21N3O3. The minimum absolute atomic E-state index is 0.0240. The highest BCUT2D eigenvalue weighted by Gasteiger charge is 2.43. The number of nitrogens with one attached hydrogen (secondary N) is 3. The molecular weight excluding hydrogens is 318 g/mol. The van der Waals surface area contributed by atoms with Crippen molar-refractivity contribution in [2.24, 2.45) is 5.41 Å². The minimum atomic E-state index is -0.565. The summed E-state index contributed by atoms with van der Waals surface area (Å²) in [5, 5.41) is 19.1. The van der Waals surface area contributed by atoms with Crippen LogP contribution < -0.4 is 10.9 Å². The predicted octanol–water partition coefficient (Wildman–Crippen LogP) is 2.92. The Morgan fingerprint density at radius 3 is 2.68 bits per heavy atom. The SMILES string of the molecule is Cc1ccc(O)c(C2C3=C(CC(C)(C)CC3=O)Nc3[nH][nH]c(=O)c32)c1.